The highest BCUT2D eigenvalue weighted by atomic mass is 35.5. The molecule has 0 N–H and O–H groups in total. The summed E-state index contributed by atoms with van der Waals surface area (Å²) in [7, 11) is 0. The lowest BCUT2D eigenvalue weighted by atomic mass is 10.1. The highest BCUT2D eigenvalue weighted by Gasteiger charge is 2.25. The van der Waals surface area contributed by atoms with Gasteiger partial charge in [0, 0.05) is 37.3 Å². The summed E-state index contributed by atoms with van der Waals surface area (Å²) in [5.74, 6) is -1.09. The molecule has 4 nitrogen and oxygen atoms in total. The molecule has 2 amide bonds. The van der Waals surface area contributed by atoms with Gasteiger partial charge in [-0.05, 0) is 49.2 Å². The lowest BCUT2D eigenvalue weighted by Crippen LogP contribution is -2.50. The Hall–Kier alpha value is -2.66. The number of carbonyl (C=O) groups is 2. The maximum atomic E-state index is 13.9. The normalized spacial score (nSPS) is 14.6. The van der Waals surface area contributed by atoms with E-state index in [2.05, 4.69) is 6.07 Å². The number of carbonyl (C=O) groups excluding carboxylic acids is 2. The molecule has 6 heteroatoms. The molecule has 1 saturated heterocycles. The van der Waals surface area contributed by atoms with Crippen molar-refractivity contribution in [2.45, 2.75) is 13.8 Å². The first-order chi connectivity index (χ1) is 13.3. The number of benzene rings is 2. The van der Waals surface area contributed by atoms with Gasteiger partial charge in [-0.25, -0.2) is 4.39 Å². The van der Waals surface area contributed by atoms with Gasteiger partial charge in [0.15, 0.2) is 0 Å². The van der Waals surface area contributed by atoms with Crippen LogP contribution in [0.25, 0.3) is 6.08 Å². The molecule has 146 valence electrons. The minimum absolute atomic E-state index is 0.0398. The maximum absolute atomic E-state index is 13.9. The van der Waals surface area contributed by atoms with Crippen LogP contribution in [-0.4, -0.2) is 47.8 Å². The fourth-order valence-electron chi connectivity index (χ4n) is 3.24. The van der Waals surface area contributed by atoms with Gasteiger partial charge in [0.05, 0.1) is 5.56 Å². The van der Waals surface area contributed by atoms with Crippen molar-refractivity contribution in [3.63, 3.8) is 0 Å². The summed E-state index contributed by atoms with van der Waals surface area (Å²) in [4.78, 5) is 28.2. The highest BCUT2D eigenvalue weighted by molar-refractivity contribution is 6.31. The standard InChI is InChI=1S/C22H22ClFN2O2/c1-15-3-4-17(16(2)13-15)5-8-21(27)25-9-11-26(12-10-25)22(28)19-14-18(23)6-7-20(19)24/h3-8,13-14H,9-12H2,1-2H3/b8-5+. The molecule has 0 saturated carbocycles. The minimum atomic E-state index is -0.593. The van der Waals surface area contributed by atoms with Crippen molar-refractivity contribution in [1.29, 1.82) is 0 Å². The molecule has 1 fully saturated rings. The van der Waals surface area contributed by atoms with Crippen LogP contribution >= 0.6 is 11.6 Å². The second-order valence-electron chi connectivity index (χ2n) is 6.94. The molecule has 2 aromatic rings. The third-order valence-electron chi connectivity index (χ3n) is 4.87. The second kappa shape index (κ2) is 8.57. The van der Waals surface area contributed by atoms with Gasteiger partial charge in [0.2, 0.25) is 5.91 Å². The Kier molecular flexibility index (Phi) is 6.15. The highest BCUT2D eigenvalue weighted by Crippen LogP contribution is 2.18. The average molecular weight is 401 g/mol. The molecule has 0 spiro atoms. The smallest absolute Gasteiger partial charge is 0.257 e. The Morgan fingerprint density at radius 2 is 1.68 bits per heavy atom. The zero-order chi connectivity index (χ0) is 20.3. The second-order valence-corrected chi connectivity index (χ2v) is 7.37. The van der Waals surface area contributed by atoms with Gasteiger partial charge in [-0.15, -0.1) is 0 Å². The van der Waals surface area contributed by atoms with Crippen molar-refractivity contribution >= 4 is 29.5 Å². The van der Waals surface area contributed by atoms with Crippen LogP contribution in [0.5, 0.6) is 0 Å². The summed E-state index contributed by atoms with van der Waals surface area (Å²) >= 11 is 5.87. The number of amides is 2. The van der Waals surface area contributed by atoms with E-state index < -0.39 is 11.7 Å². The van der Waals surface area contributed by atoms with Gasteiger partial charge in [0.1, 0.15) is 5.82 Å². The molecule has 1 heterocycles. The zero-order valence-electron chi connectivity index (χ0n) is 15.9. The molecule has 1 aliphatic heterocycles. The third kappa shape index (κ3) is 4.60. The topological polar surface area (TPSA) is 40.6 Å². The van der Waals surface area contributed by atoms with Gasteiger partial charge >= 0.3 is 0 Å². The van der Waals surface area contributed by atoms with Gasteiger partial charge in [-0.2, -0.15) is 0 Å². The summed E-state index contributed by atoms with van der Waals surface area (Å²) in [6, 6.07) is 10.0. The van der Waals surface area contributed by atoms with E-state index in [9.17, 15) is 14.0 Å². The summed E-state index contributed by atoms with van der Waals surface area (Å²) in [5, 5.41) is 0.315. The summed E-state index contributed by atoms with van der Waals surface area (Å²) in [6.07, 6.45) is 3.38. The van der Waals surface area contributed by atoms with Crippen molar-refractivity contribution in [1.82, 2.24) is 9.80 Å². The van der Waals surface area contributed by atoms with Gasteiger partial charge < -0.3 is 9.80 Å². The van der Waals surface area contributed by atoms with E-state index in [4.69, 9.17) is 11.6 Å². The molecule has 0 unspecified atom stereocenters. The van der Waals surface area contributed by atoms with Crippen LogP contribution in [0, 0.1) is 19.7 Å². The molecule has 0 aliphatic carbocycles. The van der Waals surface area contributed by atoms with Gasteiger partial charge in [0.25, 0.3) is 5.91 Å². The van der Waals surface area contributed by atoms with Crippen LogP contribution in [-0.2, 0) is 4.79 Å². The molecular formula is C22H22ClFN2O2. The molecule has 0 radical (unpaired) electrons. The Morgan fingerprint density at radius 1 is 1.00 bits per heavy atom. The number of nitrogens with zero attached hydrogens (tertiary/aromatic N) is 2. The number of halogens is 2. The van der Waals surface area contributed by atoms with E-state index in [1.165, 1.54) is 23.8 Å². The molecule has 0 aromatic heterocycles. The molecule has 0 atom stereocenters. The predicted octanol–water partition coefficient (Wildman–Crippen LogP) is 4.09. The quantitative estimate of drug-likeness (QED) is 0.728. The first-order valence-electron chi connectivity index (χ1n) is 9.14. The number of rotatable bonds is 3. The van der Waals surface area contributed by atoms with Gasteiger partial charge in [-0.3, -0.25) is 9.59 Å². The Labute approximate surface area is 169 Å². The molecule has 0 bridgehead atoms. The fourth-order valence-corrected chi connectivity index (χ4v) is 3.41. The van der Waals surface area contributed by atoms with E-state index in [1.807, 2.05) is 32.1 Å². The zero-order valence-corrected chi connectivity index (χ0v) is 16.7. The molecule has 1 aliphatic rings. The van der Waals surface area contributed by atoms with Crippen molar-refractivity contribution < 1.29 is 14.0 Å². The number of hydrogen-bond donors (Lipinski definition) is 0. The fraction of sp³-hybridized carbons (Fsp3) is 0.273. The van der Waals surface area contributed by atoms with E-state index in [0.717, 1.165) is 11.1 Å². The SMILES string of the molecule is Cc1ccc(/C=C/C(=O)N2CCN(C(=O)c3cc(Cl)ccc3F)CC2)c(C)c1. The third-order valence-corrected chi connectivity index (χ3v) is 5.10. The van der Waals surface area contributed by atoms with Crippen LogP contribution in [0.3, 0.4) is 0 Å². The minimum Gasteiger partial charge on any atom is -0.336 e. The first kappa shape index (κ1) is 20.1. The Bertz CT molecular complexity index is 934. The lowest BCUT2D eigenvalue weighted by Gasteiger charge is -2.34. The van der Waals surface area contributed by atoms with E-state index in [1.54, 1.807) is 15.9 Å². The van der Waals surface area contributed by atoms with Gasteiger partial charge in [-0.1, -0.05) is 35.4 Å². The molecule has 28 heavy (non-hydrogen) atoms. The van der Waals surface area contributed by atoms with Crippen LogP contribution in [0.4, 0.5) is 4.39 Å². The largest absolute Gasteiger partial charge is 0.336 e. The van der Waals surface area contributed by atoms with E-state index >= 15 is 0 Å². The number of hydrogen-bond acceptors (Lipinski definition) is 2. The summed E-state index contributed by atoms with van der Waals surface area (Å²) in [6.45, 7) is 5.56. The van der Waals surface area contributed by atoms with Crippen molar-refractivity contribution in [3.05, 3.63) is 75.6 Å². The lowest BCUT2D eigenvalue weighted by molar-refractivity contribution is -0.127. The van der Waals surface area contributed by atoms with Crippen LogP contribution in [0.2, 0.25) is 5.02 Å². The summed E-state index contributed by atoms with van der Waals surface area (Å²) < 4.78 is 13.9. The first-order valence-corrected chi connectivity index (χ1v) is 9.51. The number of aryl methyl sites for hydroxylation is 2. The summed E-state index contributed by atoms with van der Waals surface area (Å²) in [5.41, 5.74) is 3.26. The molecular weight excluding hydrogens is 379 g/mol. The monoisotopic (exact) mass is 400 g/mol. The predicted molar refractivity (Wildman–Crippen MR) is 109 cm³/mol. The molecule has 3 rings (SSSR count). The van der Waals surface area contributed by atoms with E-state index in [-0.39, 0.29) is 11.5 Å². The Balaban J connectivity index is 1.60. The van der Waals surface area contributed by atoms with Crippen molar-refractivity contribution in [2.75, 3.05) is 26.2 Å². The van der Waals surface area contributed by atoms with Crippen LogP contribution in [0.1, 0.15) is 27.0 Å². The van der Waals surface area contributed by atoms with Crippen molar-refractivity contribution in [3.8, 4) is 0 Å². The van der Waals surface area contributed by atoms with Crippen LogP contribution in [0.15, 0.2) is 42.5 Å². The van der Waals surface area contributed by atoms with E-state index in [0.29, 0.717) is 31.2 Å². The molecule has 2 aromatic carbocycles. The van der Waals surface area contributed by atoms with Crippen molar-refractivity contribution in [2.24, 2.45) is 0 Å². The Morgan fingerprint density at radius 3 is 2.36 bits per heavy atom. The van der Waals surface area contributed by atoms with Crippen LogP contribution < -0.4 is 0 Å². The maximum Gasteiger partial charge on any atom is 0.257 e. The average Bonchev–Trinajstić information content (AvgIpc) is 2.68. The number of piperazine rings is 1.